The summed E-state index contributed by atoms with van der Waals surface area (Å²) in [6.45, 7) is 1.51. The number of anilines is 1. The molecule has 0 saturated heterocycles. The van der Waals surface area contributed by atoms with Gasteiger partial charge in [-0.25, -0.2) is 4.79 Å². The van der Waals surface area contributed by atoms with Gasteiger partial charge in [-0.1, -0.05) is 11.6 Å². The van der Waals surface area contributed by atoms with Crippen LogP contribution in [0.15, 0.2) is 27.4 Å². The summed E-state index contributed by atoms with van der Waals surface area (Å²) in [7, 11) is 0. The van der Waals surface area contributed by atoms with Gasteiger partial charge in [0.25, 0.3) is 5.91 Å². The van der Waals surface area contributed by atoms with Crippen LogP contribution in [-0.4, -0.2) is 12.5 Å². The number of rotatable bonds is 4. The number of thiophene rings is 1. The van der Waals surface area contributed by atoms with Gasteiger partial charge >= 0.3 is 5.63 Å². The van der Waals surface area contributed by atoms with Gasteiger partial charge in [-0.2, -0.15) is 5.26 Å². The normalized spacial score (nSPS) is 13.0. The Morgan fingerprint density at radius 1 is 1.34 bits per heavy atom. The molecule has 0 atom stereocenters. The molecule has 0 saturated carbocycles. The lowest BCUT2D eigenvalue weighted by Gasteiger charge is -2.10. The average molecular weight is 429 g/mol. The first-order valence-electron chi connectivity index (χ1n) is 9.17. The minimum absolute atomic E-state index is 0.244. The molecule has 1 aromatic carbocycles. The molecule has 0 spiro atoms. The van der Waals surface area contributed by atoms with E-state index in [1.54, 1.807) is 13.0 Å². The van der Waals surface area contributed by atoms with E-state index in [2.05, 4.69) is 11.4 Å². The van der Waals surface area contributed by atoms with Gasteiger partial charge < -0.3 is 14.5 Å². The van der Waals surface area contributed by atoms with E-state index in [1.807, 2.05) is 0 Å². The topological polar surface area (TPSA) is 92.3 Å². The molecule has 0 bridgehead atoms. The molecular formula is C21H17ClN2O4S. The van der Waals surface area contributed by atoms with Gasteiger partial charge in [-0.05, 0) is 49.8 Å². The van der Waals surface area contributed by atoms with E-state index >= 15 is 0 Å². The van der Waals surface area contributed by atoms with Crippen LogP contribution >= 0.6 is 22.9 Å². The zero-order valence-electron chi connectivity index (χ0n) is 15.6. The molecule has 1 amide bonds. The Bertz CT molecular complexity index is 1220. The zero-order chi connectivity index (χ0) is 20.5. The third kappa shape index (κ3) is 3.86. The highest BCUT2D eigenvalue weighted by molar-refractivity contribution is 7.16. The Kier molecular flexibility index (Phi) is 5.31. The molecule has 29 heavy (non-hydrogen) atoms. The van der Waals surface area contributed by atoms with E-state index in [4.69, 9.17) is 20.8 Å². The average Bonchev–Trinajstić information content (AvgIpc) is 3.03. The first-order valence-corrected chi connectivity index (χ1v) is 10.4. The van der Waals surface area contributed by atoms with Crippen molar-refractivity contribution in [1.82, 2.24) is 0 Å². The number of hydrogen-bond donors (Lipinski definition) is 1. The van der Waals surface area contributed by atoms with Crippen LogP contribution < -0.4 is 15.7 Å². The summed E-state index contributed by atoms with van der Waals surface area (Å²) in [4.78, 5) is 25.2. The van der Waals surface area contributed by atoms with Gasteiger partial charge in [0.05, 0.1) is 10.6 Å². The number of nitrogens with one attached hydrogen (secondary N) is 1. The predicted octanol–water partition coefficient (Wildman–Crippen LogP) is 4.58. The van der Waals surface area contributed by atoms with Crippen molar-refractivity contribution in [2.75, 3.05) is 11.9 Å². The molecular weight excluding hydrogens is 412 g/mol. The van der Waals surface area contributed by atoms with Crippen LogP contribution in [0.5, 0.6) is 5.75 Å². The summed E-state index contributed by atoms with van der Waals surface area (Å²) in [5, 5.41) is 13.8. The fourth-order valence-electron chi connectivity index (χ4n) is 3.51. The quantitative estimate of drug-likeness (QED) is 0.614. The van der Waals surface area contributed by atoms with E-state index in [9.17, 15) is 14.9 Å². The van der Waals surface area contributed by atoms with Crippen molar-refractivity contribution in [3.8, 4) is 11.8 Å². The number of fused-ring (bicyclic) bond motifs is 2. The van der Waals surface area contributed by atoms with Crippen LogP contribution in [0, 0.1) is 18.3 Å². The molecule has 2 aromatic heterocycles. The van der Waals surface area contributed by atoms with Crippen molar-refractivity contribution in [3.05, 3.63) is 55.2 Å². The number of ether oxygens (including phenoxy) is 1. The number of nitrogens with zero attached hydrogens (tertiary/aromatic N) is 1. The van der Waals surface area contributed by atoms with Crippen LogP contribution in [0.4, 0.5) is 5.00 Å². The fourth-order valence-corrected chi connectivity index (χ4v) is 4.98. The summed E-state index contributed by atoms with van der Waals surface area (Å²) in [5.74, 6) is -0.143. The molecule has 3 aromatic rings. The standard InChI is InChI=1S/C21H17ClN2O4S/c1-11-6-20(26)28-16-8-17(15(22)7-13(11)16)27-10-19(25)24-21-14(9-23)12-4-2-3-5-18(12)29-21/h6-8H,2-5,10H2,1H3,(H,24,25). The number of carbonyl (C=O) groups is 1. The van der Waals surface area contributed by atoms with Crippen molar-refractivity contribution >= 4 is 44.8 Å². The summed E-state index contributed by atoms with van der Waals surface area (Å²) < 4.78 is 10.7. The third-order valence-electron chi connectivity index (χ3n) is 4.90. The summed E-state index contributed by atoms with van der Waals surface area (Å²) in [5.41, 5.74) is 2.23. The Labute approximate surface area is 175 Å². The molecule has 2 heterocycles. The van der Waals surface area contributed by atoms with Crippen molar-refractivity contribution in [2.45, 2.75) is 32.6 Å². The zero-order valence-corrected chi connectivity index (χ0v) is 17.2. The van der Waals surface area contributed by atoms with Gasteiger partial charge in [0.15, 0.2) is 6.61 Å². The number of amides is 1. The number of benzene rings is 1. The monoisotopic (exact) mass is 428 g/mol. The lowest BCUT2D eigenvalue weighted by molar-refractivity contribution is -0.118. The first-order chi connectivity index (χ1) is 14.0. The molecule has 4 rings (SSSR count). The maximum absolute atomic E-state index is 12.4. The van der Waals surface area contributed by atoms with Crippen LogP contribution in [0.3, 0.4) is 0 Å². The Hall–Kier alpha value is -2.82. The molecule has 1 aliphatic rings. The first kappa shape index (κ1) is 19.5. The van der Waals surface area contributed by atoms with E-state index in [1.165, 1.54) is 28.3 Å². The van der Waals surface area contributed by atoms with E-state index in [0.29, 0.717) is 26.6 Å². The second-order valence-electron chi connectivity index (χ2n) is 6.89. The molecule has 1 aliphatic carbocycles. The summed E-state index contributed by atoms with van der Waals surface area (Å²) >= 11 is 7.72. The molecule has 1 N–H and O–H groups in total. The molecule has 0 aliphatic heterocycles. The minimum atomic E-state index is -0.466. The van der Waals surface area contributed by atoms with Crippen molar-refractivity contribution in [3.63, 3.8) is 0 Å². The third-order valence-corrected chi connectivity index (χ3v) is 6.40. The number of halogens is 1. The minimum Gasteiger partial charge on any atom is -0.482 e. The molecule has 8 heteroatoms. The van der Waals surface area contributed by atoms with Gasteiger partial charge in [0, 0.05) is 22.4 Å². The van der Waals surface area contributed by atoms with Crippen LogP contribution in [0.2, 0.25) is 5.02 Å². The van der Waals surface area contributed by atoms with Gasteiger partial charge in [0.2, 0.25) is 0 Å². The molecule has 0 fully saturated rings. The fraction of sp³-hybridized carbons (Fsp3) is 0.286. The SMILES string of the molecule is Cc1cc(=O)oc2cc(OCC(=O)Nc3sc4c(c3C#N)CCCC4)c(Cl)cc12. The molecule has 148 valence electrons. The Balaban J connectivity index is 1.51. The van der Waals surface area contributed by atoms with Crippen LogP contribution in [0.1, 0.15) is 34.4 Å². The van der Waals surface area contributed by atoms with Crippen molar-refractivity contribution in [1.29, 1.82) is 5.26 Å². The lowest BCUT2D eigenvalue weighted by Crippen LogP contribution is -2.20. The number of hydrogen-bond acceptors (Lipinski definition) is 6. The number of aryl methyl sites for hydroxylation is 2. The van der Waals surface area contributed by atoms with E-state index < -0.39 is 5.63 Å². The second kappa shape index (κ2) is 7.90. The molecule has 0 unspecified atom stereocenters. The highest BCUT2D eigenvalue weighted by Gasteiger charge is 2.22. The van der Waals surface area contributed by atoms with Crippen molar-refractivity contribution < 1.29 is 13.9 Å². The van der Waals surface area contributed by atoms with Gasteiger partial charge in [-0.3, -0.25) is 4.79 Å². The lowest BCUT2D eigenvalue weighted by atomic mass is 9.96. The van der Waals surface area contributed by atoms with Gasteiger partial charge in [0.1, 0.15) is 22.4 Å². The maximum Gasteiger partial charge on any atom is 0.336 e. The van der Waals surface area contributed by atoms with Crippen molar-refractivity contribution in [2.24, 2.45) is 0 Å². The van der Waals surface area contributed by atoms with Crippen LogP contribution in [0.25, 0.3) is 11.0 Å². The largest absolute Gasteiger partial charge is 0.482 e. The molecule has 0 radical (unpaired) electrons. The number of nitriles is 1. The summed E-state index contributed by atoms with van der Waals surface area (Å²) in [6, 6.07) is 6.75. The van der Waals surface area contributed by atoms with E-state index in [0.717, 1.165) is 36.8 Å². The molecule has 6 nitrogen and oxygen atoms in total. The predicted molar refractivity (Wildman–Crippen MR) is 112 cm³/mol. The Morgan fingerprint density at radius 2 is 2.14 bits per heavy atom. The van der Waals surface area contributed by atoms with E-state index in [-0.39, 0.29) is 18.3 Å². The highest BCUT2D eigenvalue weighted by Crippen LogP contribution is 2.37. The smallest absolute Gasteiger partial charge is 0.336 e. The maximum atomic E-state index is 12.4. The number of carbonyl (C=O) groups excluding carboxylic acids is 1. The summed E-state index contributed by atoms with van der Waals surface area (Å²) in [6.07, 6.45) is 3.98. The second-order valence-corrected chi connectivity index (χ2v) is 8.40. The van der Waals surface area contributed by atoms with Crippen LogP contribution in [-0.2, 0) is 17.6 Å². The van der Waals surface area contributed by atoms with Gasteiger partial charge in [-0.15, -0.1) is 11.3 Å². The Morgan fingerprint density at radius 3 is 2.93 bits per heavy atom. The highest BCUT2D eigenvalue weighted by atomic mass is 35.5.